The third-order valence-electron chi connectivity index (χ3n) is 18.6. The van der Waals surface area contributed by atoms with Crippen LogP contribution in [0.3, 0.4) is 0 Å². The Hall–Kier alpha value is -3.12. The molecule has 0 unspecified atom stereocenters. The molecule has 0 amide bonds. The summed E-state index contributed by atoms with van der Waals surface area (Å²) in [5, 5.41) is 2.65. The zero-order valence-electron chi connectivity index (χ0n) is 48.3. The van der Waals surface area contributed by atoms with E-state index in [4.69, 9.17) is 27.9 Å². The van der Waals surface area contributed by atoms with E-state index in [1.54, 1.807) is 0 Å². The first kappa shape index (κ1) is 54.7. The van der Waals surface area contributed by atoms with Gasteiger partial charge in [-0.05, 0) is 143 Å². The maximum absolute atomic E-state index is 6.99. The van der Waals surface area contributed by atoms with E-state index < -0.39 is 55.0 Å². The molecule has 0 radical (unpaired) electrons. The van der Waals surface area contributed by atoms with Crippen LogP contribution in [0.5, 0.6) is 0 Å². The first-order valence-corrected chi connectivity index (χ1v) is 29.4. The Bertz CT molecular complexity index is 2630. The van der Waals surface area contributed by atoms with Crippen LogP contribution in [-0.4, -0.2) is 64.1 Å². The van der Waals surface area contributed by atoms with Gasteiger partial charge < -0.3 is 37.1 Å². The summed E-state index contributed by atoms with van der Waals surface area (Å²) in [6.45, 7) is 35.7. The standard InChI is InChI=1S/C61H93B3N3O6/c1-16-19-22-25-28-31-34-65-46-37-43(62-68-56(4,5)57(6,7)69-62)39-48-52(46)55-53-47(65)38-44(63-70-58(8,9)59(10,11)71-63)40-49(53)67(36-33-30-27-24-21-18-3)51-42-45(64-72-60(12,13)61(14,15)73-64)41-50(54(51)55)66(48)35-32-29-26-23-20-17-2/h37-42H,16-36H2,1-15H3/q+1. The number of hydrogen-bond acceptors (Lipinski definition) is 6. The third-order valence-corrected chi connectivity index (χ3v) is 18.6. The molecule has 0 saturated carbocycles. The van der Waals surface area contributed by atoms with Crippen molar-refractivity contribution in [2.45, 2.75) is 273 Å². The third kappa shape index (κ3) is 10.2. The van der Waals surface area contributed by atoms with Crippen molar-refractivity contribution in [3.05, 3.63) is 36.4 Å². The number of rotatable bonds is 24. The van der Waals surface area contributed by atoms with Crippen molar-refractivity contribution in [1.29, 1.82) is 0 Å². The Morgan fingerprint density at radius 3 is 0.986 bits per heavy atom. The van der Waals surface area contributed by atoms with Crippen LogP contribution in [0.25, 0.3) is 55.0 Å². The minimum Gasteiger partial charge on any atom is -0.399 e. The molecule has 12 heteroatoms. The lowest BCUT2D eigenvalue weighted by atomic mass is 9.74. The maximum Gasteiger partial charge on any atom is 0.495 e. The summed E-state index contributed by atoms with van der Waals surface area (Å²) in [5.41, 5.74) is 10.3. The smallest absolute Gasteiger partial charge is 0.399 e. The molecule has 5 aliphatic rings. The summed E-state index contributed by atoms with van der Waals surface area (Å²) in [5.74, 6) is 0. The number of nitrogens with zero attached hydrogens (tertiary/aromatic N) is 3. The first-order chi connectivity index (χ1) is 34.6. The van der Waals surface area contributed by atoms with Gasteiger partial charge in [-0.3, -0.25) is 0 Å². The van der Waals surface area contributed by atoms with Crippen molar-refractivity contribution < 1.29 is 32.5 Å². The lowest BCUT2D eigenvalue weighted by molar-refractivity contribution is -0.645. The molecular weight excluding hydrogens is 903 g/mol. The highest BCUT2D eigenvalue weighted by molar-refractivity contribution is 6.64. The van der Waals surface area contributed by atoms with Gasteiger partial charge in [0.1, 0.15) is 6.54 Å². The maximum atomic E-state index is 6.99. The highest BCUT2D eigenvalue weighted by Gasteiger charge is 2.55. The van der Waals surface area contributed by atoms with E-state index in [0.717, 1.165) is 55.3 Å². The van der Waals surface area contributed by atoms with Gasteiger partial charge in [0.25, 0.3) is 0 Å². The van der Waals surface area contributed by atoms with Crippen LogP contribution in [0.2, 0.25) is 0 Å². The number of hydrogen-bond donors (Lipinski definition) is 0. The van der Waals surface area contributed by atoms with Gasteiger partial charge in [-0.25, -0.2) is 0 Å². The van der Waals surface area contributed by atoms with Crippen LogP contribution < -0.4 is 21.0 Å². The molecule has 396 valence electrons. The summed E-state index contributed by atoms with van der Waals surface area (Å²) in [7, 11) is -1.57. The van der Waals surface area contributed by atoms with Gasteiger partial charge in [0, 0.05) is 42.8 Å². The zero-order valence-corrected chi connectivity index (χ0v) is 48.3. The van der Waals surface area contributed by atoms with E-state index in [9.17, 15) is 0 Å². The van der Waals surface area contributed by atoms with Crippen molar-refractivity contribution in [3.63, 3.8) is 0 Å². The van der Waals surface area contributed by atoms with E-state index in [1.165, 1.54) is 151 Å². The molecule has 73 heavy (non-hydrogen) atoms. The topological polar surface area (TPSA) is 69.1 Å². The molecule has 1 aromatic heterocycles. The summed E-state index contributed by atoms with van der Waals surface area (Å²) in [6.07, 6.45) is 22.0. The molecule has 3 aromatic carbocycles. The monoisotopic (exact) mass is 997 g/mol. The molecule has 5 aliphatic heterocycles. The van der Waals surface area contributed by atoms with Gasteiger partial charge in [-0.15, -0.1) is 0 Å². The Morgan fingerprint density at radius 2 is 0.644 bits per heavy atom. The first-order valence-electron chi connectivity index (χ1n) is 29.4. The number of pyridine rings is 3. The highest BCUT2D eigenvalue weighted by Crippen LogP contribution is 2.49. The number of aryl methyl sites for hydroxylation is 3. The average Bonchev–Trinajstić information content (AvgIpc) is 3.80. The summed E-state index contributed by atoms with van der Waals surface area (Å²) in [6, 6.07) is 14.6. The molecule has 0 bridgehead atoms. The molecule has 6 heterocycles. The normalized spacial score (nSPS) is 20.0. The van der Waals surface area contributed by atoms with Crippen molar-refractivity contribution >= 4 is 81.6 Å². The molecule has 4 aromatic rings. The highest BCUT2D eigenvalue weighted by atomic mass is 16.7. The quantitative estimate of drug-likeness (QED) is 0.0198. The number of unbranched alkanes of at least 4 members (excludes halogenated alkanes) is 15. The van der Waals surface area contributed by atoms with E-state index in [-0.39, 0.29) is 0 Å². The molecular formula is C61H93B3N3O6+. The lowest BCUT2D eigenvalue weighted by Gasteiger charge is -2.32. The fourth-order valence-corrected chi connectivity index (χ4v) is 11.9. The van der Waals surface area contributed by atoms with Crippen molar-refractivity contribution in [1.82, 2.24) is 9.13 Å². The fourth-order valence-electron chi connectivity index (χ4n) is 11.9. The van der Waals surface area contributed by atoms with Gasteiger partial charge in [0.05, 0.1) is 66.4 Å². The lowest BCUT2D eigenvalue weighted by Crippen LogP contribution is -2.42. The Labute approximate surface area is 441 Å². The zero-order chi connectivity index (χ0) is 52.3. The Balaban J connectivity index is 1.40. The number of aromatic nitrogens is 3. The Morgan fingerprint density at radius 1 is 0.356 bits per heavy atom. The van der Waals surface area contributed by atoms with Crippen LogP contribution in [0.4, 0.5) is 0 Å². The van der Waals surface area contributed by atoms with E-state index >= 15 is 0 Å². The van der Waals surface area contributed by atoms with Crippen molar-refractivity contribution in [2.75, 3.05) is 0 Å². The van der Waals surface area contributed by atoms with Gasteiger partial charge in [-0.2, -0.15) is 4.57 Å². The van der Waals surface area contributed by atoms with E-state index in [1.807, 2.05) is 0 Å². The van der Waals surface area contributed by atoms with Gasteiger partial charge >= 0.3 is 21.4 Å². The molecule has 0 aliphatic carbocycles. The van der Waals surface area contributed by atoms with E-state index in [2.05, 4.69) is 154 Å². The largest absolute Gasteiger partial charge is 0.495 e. The van der Waals surface area contributed by atoms with Crippen molar-refractivity contribution in [3.8, 4) is 11.1 Å². The molecule has 0 spiro atoms. The number of benzene rings is 3. The van der Waals surface area contributed by atoms with E-state index in [0.29, 0.717) is 0 Å². The molecule has 3 fully saturated rings. The summed E-state index contributed by atoms with van der Waals surface area (Å²) >= 11 is 0. The molecule has 9 nitrogen and oxygen atoms in total. The minimum atomic E-state index is -0.524. The summed E-state index contributed by atoms with van der Waals surface area (Å²) < 4.78 is 50.0. The van der Waals surface area contributed by atoms with Crippen LogP contribution in [0.15, 0.2) is 36.4 Å². The minimum absolute atomic E-state index is 0.489. The second-order valence-corrected chi connectivity index (χ2v) is 25.7. The van der Waals surface area contributed by atoms with Gasteiger partial charge in [0.15, 0.2) is 0 Å². The Kier molecular flexibility index (Phi) is 15.7. The van der Waals surface area contributed by atoms with Crippen molar-refractivity contribution in [2.24, 2.45) is 0 Å². The summed E-state index contributed by atoms with van der Waals surface area (Å²) in [4.78, 5) is 0. The van der Waals surface area contributed by atoms with Gasteiger partial charge in [-0.1, -0.05) is 111 Å². The fraction of sp³-hybridized carbons (Fsp3) is 0.689. The molecule has 9 rings (SSSR count). The molecule has 0 N–H and O–H groups in total. The van der Waals surface area contributed by atoms with Gasteiger partial charge in [0.2, 0.25) is 11.0 Å². The predicted octanol–water partition coefficient (Wildman–Crippen LogP) is 13.7. The predicted molar refractivity (Wildman–Crippen MR) is 308 cm³/mol. The van der Waals surface area contributed by atoms with Crippen LogP contribution in [0, 0.1) is 0 Å². The van der Waals surface area contributed by atoms with Crippen LogP contribution in [-0.2, 0) is 47.6 Å². The van der Waals surface area contributed by atoms with Crippen LogP contribution >= 0.6 is 0 Å². The second-order valence-electron chi connectivity index (χ2n) is 25.7. The van der Waals surface area contributed by atoms with Crippen LogP contribution in [0.1, 0.15) is 219 Å². The molecule has 0 atom stereocenters. The molecule has 3 saturated heterocycles. The second kappa shape index (κ2) is 21.0. The average molecular weight is 997 g/mol. The SMILES string of the molecule is CCCCCCCCn1c2cc(B3OC(C)(C)C(C)(C)O3)cc3c2-c2c4c1cc(B1OC(C)(C)C(C)(C)O1)cc4[n+](CCCCCCCC)c1cc(B4OC(C)(C)C(C)(C)O4)cc(c21)n3CCCCCCCC.